The van der Waals surface area contributed by atoms with Crippen molar-refractivity contribution >= 4 is 16.7 Å². The van der Waals surface area contributed by atoms with Gasteiger partial charge >= 0.3 is 12.1 Å². The SMILES string of the molecule is CC(NC1CC(C(=O)O)C1)c1ccc2ccc(O[C@H]3CC[C@@H](C)CC3)c(C(F)(F)F)c2c1. The minimum Gasteiger partial charge on any atom is -0.490 e. The molecule has 32 heavy (non-hydrogen) atoms. The third kappa shape index (κ3) is 4.87. The fourth-order valence-electron chi connectivity index (χ4n) is 4.91. The first-order valence-corrected chi connectivity index (χ1v) is 11.4. The molecule has 0 amide bonds. The minimum absolute atomic E-state index is 0.0623. The average Bonchev–Trinajstić information content (AvgIpc) is 2.70. The lowest BCUT2D eigenvalue weighted by Gasteiger charge is -2.35. The van der Waals surface area contributed by atoms with Gasteiger partial charge in [0.05, 0.1) is 12.0 Å². The van der Waals surface area contributed by atoms with Crippen molar-refractivity contribution in [2.75, 3.05) is 0 Å². The maximum Gasteiger partial charge on any atom is 0.420 e. The number of hydrogen-bond acceptors (Lipinski definition) is 3. The van der Waals surface area contributed by atoms with Gasteiger partial charge in [0.2, 0.25) is 0 Å². The first kappa shape index (κ1) is 22.9. The lowest BCUT2D eigenvalue weighted by molar-refractivity contribution is -0.145. The highest BCUT2D eigenvalue weighted by atomic mass is 19.4. The molecule has 2 aromatic rings. The zero-order chi connectivity index (χ0) is 23.0. The van der Waals surface area contributed by atoms with Gasteiger partial charge in [0, 0.05) is 12.1 Å². The Bertz CT molecular complexity index is 976. The summed E-state index contributed by atoms with van der Waals surface area (Å²) >= 11 is 0. The summed E-state index contributed by atoms with van der Waals surface area (Å²) < 4.78 is 48.4. The summed E-state index contributed by atoms with van der Waals surface area (Å²) in [7, 11) is 0. The van der Waals surface area contributed by atoms with E-state index >= 15 is 0 Å². The number of carbonyl (C=O) groups is 1. The number of rotatable bonds is 6. The molecular weight excluding hydrogens is 419 g/mol. The fraction of sp³-hybridized carbons (Fsp3) is 0.560. The van der Waals surface area contributed by atoms with Gasteiger partial charge in [-0.2, -0.15) is 13.2 Å². The van der Waals surface area contributed by atoms with Gasteiger partial charge in [0.25, 0.3) is 0 Å². The topological polar surface area (TPSA) is 58.6 Å². The number of nitrogens with one attached hydrogen (secondary N) is 1. The number of benzene rings is 2. The van der Waals surface area contributed by atoms with Gasteiger partial charge in [-0.3, -0.25) is 4.79 Å². The summed E-state index contributed by atoms with van der Waals surface area (Å²) in [6, 6.07) is 8.15. The van der Waals surface area contributed by atoms with Gasteiger partial charge in [0.15, 0.2) is 0 Å². The number of halogens is 3. The predicted octanol–water partition coefficient (Wildman–Crippen LogP) is 6.33. The zero-order valence-corrected chi connectivity index (χ0v) is 18.4. The second-order valence-corrected chi connectivity index (χ2v) is 9.51. The Hall–Kier alpha value is -2.28. The maximum atomic E-state index is 14.2. The van der Waals surface area contributed by atoms with E-state index in [1.807, 2.05) is 13.0 Å². The molecule has 4 rings (SSSR count). The maximum absolute atomic E-state index is 14.2. The van der Waals surface area contributed by atoms with Crippen molar-refractivity contribution in [3.63, 3.8) is 0 Å². The molecule has 0 aliphatic heterocycles. The molecule has 2 fully saturated rings. The summed E-state index contributed by atoms with van der Waals surface area (Å²) in [6.45, 7) is 4.06. The Morgan fingerprint density at radius 1 is 1.12 bits per heavy atom. The van der Waals surface area contributed by atoms with E-state index in [1.54, 1.807) is 18.2 Å². The van der Waals surface area contributed by atoms with Crippen LogP contribution in [0, 0.1) is 11.8 Å². The van der Waals surface area contributed by atoms with Crippen LogP contribution >= 0.6 is 0 Å². The fourth-order valence-corrected chi connectivity index (χ4v) is 4.91. The Labute approximate surface area is 186 Å². The van der Waals surface area contributed by atoms with Crippen LogP contribution in [0.15, 0.2) is 30.3 Å². The standard InChI is InChI=1S/C25H30F3NO3/c1-14-3-8-20(9-4-14)32-22-10-7-16-5-6-17(13-21(16)23(22)25(26,27)28)15(2)29-19-11-18(12-19)24(30)31/h5-7,10,13-15,18-20,29H,3-4,8-9,11-12H2,1-2H3,(H,30,31)/t14-,15?,18?,19?,20+. The second kappa shape index (κ2) is 8.93. The van der Waals surface area contributed by atoms with Crippen LogP contribution in [0.25, 0.3) is 10.8 Å². The van der Waals surface area contributed by atoms with Crippen molar-refractivity contribution in [2.45, 2.75) is 76.7 Å². The second-order valence-electron chi connectivity index (χ2n) is 9.51. The Kier molecular flexibility index (Phi) is 6.39. The lowest BCUT2D eigenvalue weighted by Crippen LogP contribution is -2.45. The quantitative estimate of drug-likeness (QED) is 0.541. The number of alkyl halides is 3. The first-order chi connectivity index (χ1) is 15.1. The third-order valence-electron chi connectivity index (χ3n) is 7.02. The van der Waals surface area contributed by atoms with Gasteiger partial charge in [-0.05, 0) is 79.8 Å². The van der Waals surface area contributed by atoms with Crippen LogP contribution in [0.4, 0.5) is 13.2 Å². The number of hydrogen-bond donors (Lipinski definition) is 2. The number of carboxylic acids is 1. The van der Waals surface area contributed by atoms with Crippen LogP contribution in [0.2, 0.25) is 0 Å². The van der Waals surface area contributed by atoms with Gasteiger partial charge < -0.3 is 15.2 Å². The molecule has 4 nitrogen and oxygen atoms in total. The molecule has 2 saturated carbocycles. The zero-order valence-electron chi connectivity index (χ0n) is 18.4. The van der Waals surface area contributed by atoms with Crippen LogP contribution < -0.4 is 10.1 Å². The predicted molar refractivity (Wildman–Crippen MR) is 117 cm³/mol. The smallest absolute Gasteiger partial charge is 0.420 e. The van der Waals surface area contributed by atoms with Crippen LogP contribution in [-0.2, 0) is 11.0 Å². The summed E-state index contributed by atoms with van der Waals surface area (Å²) in [4.78, 5) is 11.0. The number of aliphatic carboxylic acids is 1. The van der Waals surface area contributed by atoms with Crippen molar-refractivity contribution in [1.29, 1.82) is 0 Å². The van der Waals surface area contributed by atoms with E-state index in [0.717, 1.165) is 31.2 Å². The molecule has 7 heteroatoms. The number of fused-ring (bicyclic) bond motifs is 1. The van der Waals surface area contributed by atoms with E-state index in [9.17, 15) is 18.0 Å². The van der Waals surface area contributed by atoms with E-state index < -0.39 is 17.7 Å². The van der Waals surface area contributed by atoms with Crippen molar-refractivity contribution in [1.82, 2.24) is 5.32 Å². The normalized spacial score (nSPS) is 27.0. The van der Waals surface area contributed by atoms with Crippen LogP contribution in [0.1, 0.15) is 69.5 Å². The summed E-state index contributed by atoms with van der Waals surface area (Å²) in [5, 5.41) is 13.0. The van der Waals surface area contributed by atoms with Crippen molar-refractivity contribution < 1.29 is 27.8 Å². The number of ether oxygens (including phenoxy) is 1. The van der Waals surface area contributed by atoms with Gasteiger partial charge in [-0.15, -0.1) is 0 Å². The molecule has 0 aromatic heterocycles. The molecule has 174 valence electrons. The largest absolute Gasteiger partial charge is 0.490 e. The van der Waals surface area contributed by atoms with E-state index in [4.69, 9.17) is 9.84 Å². The first-order valence-electron chi connectivity index (χ1n) is 11.4. The van der Waals surface area contributed by atoms with E-state index in [0.29, 0.717) is 24.1 Å². The average molecular weight is 450 g/mol. The van der Waals surface area contributed by atoms with Crippen LogP contribution in [-0.4, -0.2) is 23.2 Å². The van der Waals surface area contributed by atoms with Crippen molar-refractivity contribution in [2.24, 2.45) is 11.8 Å². The highest BCUT2D eigenvalue weighted by Crippen LogP contribution is 2.43. The van der Waals surface area contributed by atoms with Crippen LogP contribution in [0.3, 0.4) is 0 Å². The van der Waals surface area contributed by atoms with E-state index in [1.165, 1.54) is 6.07 Å². The molecule has 0 saturated heterocycles. The molecule has 2 N–H and O–H groups in total. The molecule has 2 aliphatic rings. The summed E-state index contributed by atoms with van der Waals surface area (Å²) in [6.07, 6.45) is -0.151. The van der Waals surface area contributed by atoms with E-state index in [-0.39, 0.29) is 35.2 Å². The molecule has 1 atom stereocenters. The van der Waals surface area contributed by atoms with Crippen LogP contribution in [0.5, 0.6) is 5.75 Å². The highest BCUT2D eigenvalue weighted by molar-refractivity contribution is 5.89. The monoisotopic (exact) mass is 449 g/mol. The van der Waals surface area contributed by atoms with Gasteiger partial charge in [-0.1, -0.05) is 25.1 Å². The molecule has 0 spiro atoms. The van der Waals surface area contributed by atoms with Crippen molar-refractivity contribution in [3.05, 3.63) is 41.5 Å². The Morgan fingerprint density at radius 2 is 1.78 bits per heavy atom. The summed E-state index contributed by atoms with van der Waals surface area (Å²) in [5.74, 6) is -0.635. The Morgan fingerprint density at radius 3 is 2.41 bits per heavy atom. The molecule has 0 radical (unpaired) electrons. The van der Waals surface area contributed by atoms with Gasteiger partial charge in [-0.25, -0.2) is 0 Å². The van der Waals surface area contributed by atoms with Crippen molar-refractivity contribution in [3.8, 4) is 5.75 Å². The molecule has 2 aliphatic carbocycles. The Balaban J connectivity index is 1.60. The molecule has 1 unspecified atom stereocenters. The molecule has 2 aromatic carbocycles. The minimum atomic E-state index is -4.53. The van der Waals surface area contributed by atoms with Gasteiger partial charge in [0.1, 0.15) is 11.3 Å². The number of carboxylic acid groups (broad SMARTS) is 1. The van der Waals surface area contributed by atoms with E-state index in [2.05, 4.69) is 12.2 Å². The summed E-state index contributed by atoms with van der Waals surface area (Å²) in [5.41, 5.74) is 0.0303. The molecule has 0 heterocycles. The molecule has 0 bridgehead atoms. The lowest BCUT2D eigenvalue weighted by atomic mass is 9.80. The highest BCUT2D eigenvalue weighted by Gasteiger charge is 2.38. The third-order valence-corrected chi connectivity index (χ3v) is 7.02. The molecular formula is C25H30F3NO3.